The number of carbonyl (C=O) groups excluding carboxylic acids is 1. The van der Waals surface area contributed by atoms with Gasteiger partial charge in [-0.05, 0) is 36.2 Å². The highest BCUT2D eigenvalue weighted by molar-refractivity contribution is 6.91. The van der Waals surface area contributed by atoms with Crippen LogP contribution in [0.25, 0.3) is 0 Å². The van der Waals surface area contributed by atoms with Gasteiger partial charge in [0.2, 0.25) is 0 Å². The van der Waals surface area contributed by atoms with Gasteiger partial charge < -0.3 is 28.7 Å². The minimum atomic E-state index is -1.48. The van der Waals surface area contributed by atoms with Crippen molar-refractivity contribution in [2.24, 2.45) is 0 Å². The quantitative estimate of drug-likeness (QED) is 0.445. The van der Waals surface area contributed by atoms with Crippen molar-refractivity contribution in [2.75, 3.05) is 26.6 Å². The van der Waals surface area contributed by atoms with E-state index in [-0.39, 0.29) is 11.7 Å². The summed E-state index contributed by atoms with van der Waals surface area (Å²) in [5.41, 5.74) is 1.66. The first-order valence-electron chi connectivity index (χ1n) is 10.5. The molecule has 1 aliphatic heterocycles. The highest BCUT2D eigenvalue weighted by Gasteiger charge is 2.33. The van der Waals surface area contributed by atoms with Crippen molar-refractivity contribution < 1.29 is 28.2 Å². The zero-order chi connectivity index (χ0) is 23.8. The second-order valence-corrected chi connectivity index (χ2v) is 13.6. The van der Waals surface area contributed by atoms with Gasteiger partial charge in [-0.15, -0.1) is 0 Å². The number of furan rings is 1. The molecule has 0 radical (unpaired) electrons. The van der Waals surface area contributed by atoms with Gasteiger partial charge in [-0.3, -0.25) is 4.79 Å². The Morgan fingerprint density at radius 1 is 1.00 bits per heavy atom. The largest absolute Gasteiger partial charge is 0.496 e. The van der Waals surface area contributed by atoms with E-state index in [1.165, 1.54) is 44.2 Å². The lowest BCUT2D eigenvalue weighted by Gasteiger charge is -2.17. The minimum Gasteiger partial charge on any atom is -0.496 e. The van der Waals surface area contributed by atoms with Gasteiger partial charge in [0, 0.05) is 18.2 Å². The Labute approximate surface area is 198 Å². The van der Waals surface area contributed by atoms with Crippen LogP contribution in [-0.4, -0.2) is 35.3 Å². The molecule has 0 unspecified atom stereocenters. The third kappa shape index (κ3) is 4.53. The first-order chi connectivity index (χ1) is 15.7. The van der Waals surface area contributed by atoms with Crippen molar-refractivity contribution in [1.82, 2.24) is 0 Å². The molecule has 174 valence electrons. The molecule has 1 aromatic heterocycles. The Kier molecular flexibility index (Phi) is 6.31. The molecule has 0 atom stereocenters. The molecule has 33 heavy (non-hydrogen) atoms. The minimum absolute atomic E-state index is 0.0666. The molecular formula is C24H26ClNO6Si. The smallest absolute Gasteiger partial charge is 0.291 e. The van der Waals surface area contributed by atoms with Crippen LogP contribution in [0.4, 0.5) is 5.69 Å². The lowest BCUT2D eigenvalue weighted by molar-refractivity contribution is 0.0991. The molecule has 0 saturated carbocycles. The Morgan fingerprint density at radius 3 is 2.33 bits per heavy atom. The fourth-order valence-electron chi connectivity index (χ4n) is 4.00. The molecule has 1 N–H and O–H groups in total. The summed E-state index contributed by atoms with van der Waals surface area (Å²) in [6, 6.07) is 11.6. The molecule has 7 nitrogen and oxygen atoms in total. The van der Waals surface area contributed by atoms with Crippen LogP contribution in [0.1, 0.15) is 16.1 Å². The molecule has 0 spiro atoms. The average Bonchev–Trinajstić information content (AvgIpc) is 3.38. The van der Waals surface area contributed by atoms with Gasteiger partial charge in [0.05, 0.1) is 34.4 Å². The number of halogens is 1. The highest BCUT2D eigenvalue weighted by Crippen LogP contribution is 2.39. The summed E-state index contributed by atoms with van der Waals surface area (Å²) in [5, 5.41) is 4.64. The number of hydrogen-bond acceptors (Lipinski definition) is 6. The first-order valence-corrected chi connectivity index (χ1v) is 14.1. The van der Waals surface area contributed by atoms with E-state index in [1.807, 2.05) is 12.1 Å². The van der Waals surface area contributed by atoms with Crippen LogP contribution in [0, 0.1) is 0 Å². The summed E-state index contributed by atoms with van der Waals surface area (Å²) in [6.07, 6.45) is 1.05. The Balaban J connectivity index is 1.55. The summed E-state index contributed by atoms with van der Waals surface area (Å²) in [6.45, 7) is 4.68. The van der Waals surface area contributed by atoms with Gasteiger partial charge in [0.1, 0.15) is 28.7 Å². The van der Waals surface area contributed by atoms with E-state index in [1.54, 1.807) is 18.2 Å². The molecular weight excluding hydrogens is 462 g/mol. The van der Waals surface area contributed by atoms with Crippen LogP contribution in [0.15, 0.2) is 40.8 Å². The maximum atomic E-state index is 12.9. The second kappa shape index (κ2) is 9.03. The number of anilines is 1. The number of ether oxygens (including phenoxy) is 4. The van der Waals surface area contributed by atoms with Crippen molar-refractivity contribution in [3.05, 3.63) is 52.7 Å². The fourth-order valence-corrected chi connectivity index (χ4v) is 6.98. The summed E-state index contributed by atoms with van der Waals surface area (Å²) in [5.74, 6) is 1.59. The predicted octanol–water partition coefficient (Wildman–Crippen LogP) is 5.47. The van der Waals surface area contributed by atoms with Crippen LogP contribution in [0.2, 0.25) is 24.2 Å². The standard InChI is InChI=1S/C24H26ClNO6Si/c1-28-15-11-19(29-2)23(20(12-15)30-3)26-24(27)17-6-7-22(31-17)32-18-13-21-14(10-16(18)25)8-9-33(21,4)5/h6-7,10-13H,8-9H2,1-5H3,(H,26,27). The van der Waals surface area contributed by atoms with E-state index >= 15 is 0 Å². The van der Waals surface area contributed by atoms with Crippen molar-refractivity contribution in [1.29, 1.82) is 0 Å². The number of nitrogens with one attached hydrogen (secondary N) is 1. The third-order valence-electron chi connectivity index (χ3n) is 5.88. The number of aryl methyl sites for hydroxylation is 1. The molecule has 2 heterocycles. The molecule has 2 aromatic carbocycles. The Morgan fingerprint density at radius 2 is 1.70 bits per heavy atom. The highest BCUT2D eigenvalue weighted by atomic mass is 35.5. The Hall–Kier alpha value is -3.10. The van der Waals surface area contributed by atoms with Crippen LogP contribution in [0.5, 0.6) is 28.9 Å². The van der Waals surface area contributed by atoms with Crippen LogP contribution >= 0.6 is 11.6 Å². The van der Waals surface area contributed by atoms with Gasteiger partial charge in [0.15, 0.2) is 5.76 Å². The zero-order valence-corrected chi connectivity index (χ0v) is 21.0. The number of methoxy groups -OCH3 is 3. The van der Waals surface area contributed by atoms with Gasteiger partial charge in [-0.2, -0.15) is 0 Å². The summed E-state index contributed by atoms with van der Waals surface area (Å²) >= 11 is 6.45. The molecule has 0 saturated heterocycles. The lowest BCUT2D eigenvalue weighted by atomic mass is 10.2. The number of rotatable bonds is 7. The van der Waals surface area contributed by atoms with E-state index in [0.29, 0.717) is 33.7 Å². The topological polar surface area (TPSA) is 79.2 Å². The molecule has 3 aromatic rings. The fraction of sp³-hybridized carbons (Fsp3) is 0.292. The molecule has 0 bridgehead atoms. The summed E-state index contributed by atoms with van der Waals surface area (Å²) < 4.78 is 27.5. The number of benzene rings is 2. The van der Waals surface area contributed by atoms with Gasteiger partial charge in [-0.25, -0.2) is 0 Å². The first kappa shape index (κ1) is 23.1. The van der Waals surface area contributed by atoms with E-state index in [2.05, 4.69) is 18.4 Å². The SMILES string of the molecule is COc1cc(OC)c(NC(=O)c2ccc(Oc3cc4c(cc3Cl)CC[Si]4(C)C)o2)c(OC)c1. The van der Waals surface area contributed by atoms with E-state index in [0.717, 1.165) is 6.42 Å². The van der Waals surface area contributed by atoms with Crippen LogP contribution < -0.4 is 29.5 Å². The lowest BCUT2D eigenvalue weighted by Crippen LogP contribution is -2.37. The molecule has 0 fully saturated rings. The van der Waals surface area contributed by atoms with E-state index in [9.17, 15) is 4.79 Å². The molecule has 1 amide bonds. The molecule has 4 rings (SSSR count). The van der Waals surface area contributed by atoms with Gasteiger partial charge in [-0.1, -0.05) is 29.9 Å². The van der Waals surface area contributed by atoms with Crippen molar-refractivity contribution in [3.63, 3.8) is 0 Å². The number of hydrogen-bond donors (Lipinski definition) is 1. The van der Waals surface area contributed by atoms with Gasteiger partial charge in [0.25, 0.3) is 11.9 Å². The predicted molar refractivity (Wildman–Crippen MR) is 130 cm³/mol. The summed E-state index contributed by atoms with van der Waals surface area (Å²) in [4.78, 5) is 12.9. The summed E-state index contributed by atoms with van der Waals surface area (Å²) in [7, 11) is 3.04. The van der Waals surface area contributed by atoms with Crippen molar-refractivity contribution in [3.8, 4) is 28.9 Å². The Bertz CT molecular complexity index is 1180. The second-order valence-electron chi connectivity index (χ2n) is 8.41. The maximum absolute atomic E-state index is 12.9. The monoisotopic (exact) mass is 487 g/mol. The van der Waals surface area contributed by atoms with E-state index < -0.39 is 14.0 Å². The van der Waals surface area contributed by atoms with Crippen molar-refractivity contribution in [2.45, 2.75) is 25.6 Å². The number of carbonyl (C=O) groups is 1. The normalized spacial score (nSPS) is 13.9. The average molecular weight is 488 g/mol. The number of amides is 1. The number of fused-ring (bicyclic) bond motifs is 1. The third-order valence-corrected chi connectivity index (χ3v) is 9.59. The molecule has 9 heteroatoms. The maximum Gasteiger partial charge on any atom is 0.291 e. The zero-order valence-electron chi connectivity index (χ0n) is 19.2. The van der Waals surface area contributed by atoms with Gasteiger partial charge >= 0.3 is 0 Å². The molecule has 1 aliphatic rings. The van der Waals surface area contributed by atoms with E-state index in [4.69, 9.17) is 35.0 Å². The molecule has 0 aliphatic carbocycles. The van der Waals surface area contributed by atoms with Crippen LogP contribution in [0.3, 0.4) is 0 Å². The van der Waals surface area contributed by atoms with Crippen LogP contribution in [-0.2, 0) is 6.42 Å². The van der Waals surface area contributed by atoms with Crippen molar-refractivity contribution >= 4 is 36.5 Å².